The van der Waals surface area contributed by atoms with Crippen LogP contribution in [0.3, 0.4) is 0 Å². The van der Waals surface area contributed by atoms with E-state index in [9.17, 15) is 5.11 Å². The largest absolute Gasteiger partial charge is 0.384 e. The highest BCUT2D eigenvalue weighted by atomic mass is 16.3. The van der Waals surface area contributed by atoms with Crippen molar-refractivity contribution in [1.29, 1.82) is 0 Å². The highest BCUT2D eigenvalue weighted by Crippen LogP contribution is 2.24. The number of aryl methyl sites for hydroxylation is 1. The number of hydrogen-bond donors (Lipinski definition) is 2. The minimum atomic E-state index is -0.799. The predicted octanol–water partition coefficient (Wildman–Crippen LogP) is 2.70. The molecule has 2 rings (SSSR count). The molecule has 0 bridgehead atoms. The summed E-state index contributed by atoms with van der Waals surface area (Å²) < 4.78 is 0. The zero-order valence-electron chi connectivity index (χ0n) is 8.76. The monoisotopic (exact) mass is 189 g/mol. The van der Waals surface area contributed by atoms with Gasteiger partial charge in [0.25, 0.3) is 0 Å². The Morgan fingerprint density at radius 2 is 1.93 bits per heavy atom. The number of aromatic amines is 1. The van der Waals surface area contributed by atoms with Crippen molar-refractivity contribution in [2.75, 3.05) is 0 Å². The molecule has 0 radical (unpaired) electrons. The van der Waals surface area contributed by atoms with Crippen molar-refractivity contribution in [2.45, 2.75) is 26.4 Å². The Kier molecular flexibility index (Phi) is 1.89. The van der Waals surface area contributed by atoms with E-state index in [1.165, 1.54) is 5.56 Å². The van der Waals surface area contributed by atoms with Gasteiger partial charge in [0.2, 0.25) is 0 Å². The minimum absolute atomic E-state index is 0.799. The molecule has 0 aliphatic carbocycles. The van der Waals surface area contributed by atoms with Crippen molar-refractivity contribution in [1.82, 2.24) is 4.98 Å². The first-order valence-corrected chi connectivity index (χ1v) is 4.79. The van der Waals surface area contributed by atoms with Gasteiger partial charge in [0.15, 0.2) is 0 Å². The van der Waals surface area contributed by atoms with E-state index in [0.717, 1.165) is 16.6 Å². The van der Waals surface area contributed by atoms with Gasteiger partial charge in [0.05, 0.1) is 5.60 Å². The van der Waals surface area contributed by atoms with Gasteiger partial charge in [-0.1, -0.05) is 11.6 Å². The SMILES string of the molecule is Cc1ccc2[nH]c(C(C)(C)O)cc2c1. The molecule has 1 heterocycles. The lowest BCUT2D eigenvalue weighted by molar-refractivity contribution is 0.0747. The third-order valence-corrected chi connectivity index (χ3v) is 2.44. The van der Waals surface area contributed by atoms with Gasteiger partial charge in [0, 0.05) is 16.6 Å². The number of benzene rings is 1. The van der Waals surface area contributed by atoms with Gasteiger partial charge >= 0.3 is 0 Å². The Hall–Kier alpha value is -1.28. The predicted molar refractivity (Wildman–Crippen MR) is 58.3 cm³/mol. The smallest absolute Gasteiger partial charge is 0.0987 e. The Morgan fingerprint density at radius 1 is 1.21 bits per heavy atom. The van der Waals surface area contributed by atoms with Gasteiger partial charge in [-0.15, -0.1) is 0 Å². The lowest BCUT2D eigenvalue weighted by Gasteiger charge is -2.14. The van der Waals surface area contributed by atoms with Crippen LogP contribution >= 0.6 is 0 Å². The maximum Gasteiger partial charge on any atom is 0.0987 e. The number of aliphatic hydroxyl groups is 1. The molecule has 2 heteroatoms. The van der Waals surface area contributed by atoms with Crippen LogP contribution in [0.4, 0.5) is 0 Å². The van der Waals surface area contributed by atoms with Gasteiger partial charge in [-0.25, -0.2) is 0 Å². The van der Waals surface area contributed by atoms with Crippen LogP contribution < -0.4 is 0 Å². The molecule has 0 saturated heterocycles. The average Bonchev–Trinajstić information content (AvgIpc) is 2.45. The number of fused-ring (bicyclic) bond motifs is 1. The van der Waals surface area contributed by atoms with E-state index in [2.05, 4.69) is 24.0 Å². The topological polar surface area (TPSA) is 36.0 Å². The van der Waals surface area contributed by atoms with Crippen LogP contribution in [-0.4, -0.2) is 10.1 Å². The summed E-state index contributed by atoms with van der Waals surface area (Å²) >= 11 is 0. The maximum absolute atomic E-state index is 9.83. The molecule has 2 aromatic rings. The molecule has 0 aliphatic heterocycles. The van der Waals surface area contributed by atoms with E-state index in [0.29, 0.717) is 0 Å². The van der Waals surface area contributed by atoms with Gasteiger partial charge < -0.3 is 10.1 Å². The second kappa shape index (κ2) is 2.85. The van der Waals surface area contributed by atoms with Crippen LogP contribution in [0.25, 0.3) is 10.9 Å². The van der Waals surface area contributed by atoms with E-state index in [-0.39, 0.29) is 0 Å². The number of aromatic nitrogens is 1. The zero-order chi connectivity index (χ0) is 10.3. The van der Waals surface area contributed by atoms with Crippen LogP contribution in [-0.2, 0) is 5.60 Å². The molecule has 0 saturated carbocycles. The molecule has 1 aromatic carbocycles. The minimum Gasteiger partial charge on any atom is -0.384 e. The number of H-pyrrole nitrogens is 1. The lowest BCUT2D eigenvalue weighted by Crippen LogP contribution is -2.15. The molecule has 0 fully saturated rings. The van der Waals surface area contributed by atoms with E-state index in [1.54, 1.807) is 13.8 Å². The van der Waals surface area contributed by atoms with Crippen LogP contribution in [0, 0.1) is 6.92 Å². The van der Waals surface area contributed by atoms with Crippen LogP contribution in [0.1, 0.15) is 25.1 Å². The van der Waals surface area contributed by atoms with E-state index < -0.39 is 5.60 Å². The molecule has 0 spiro atoms. The first-order valence-electron chi connectivity index (χ1n) is 4.79. The quantitative estimate of drug-likeness (QED) is 0.711. The van der Waals surface area contributed by atoms with Crippen molar-refractivity contribution in [3.8, 4) is 0 Å². The Labute approximate surface area is 83.6 Å². The summed E-state index contributed by atoms with van der Waals surface area (Å²) in [6.45, 7) is 5.63. The standard InChI is InChI=1S/C12H15NO/c1-8-4-5-10-9(6-8)7-11(13-10)12(2,3)14/h4-7,13-14H,1-3H3. The van der Waals surface area contributed by atoms with Crippen LogP contribution in [0.5, 0.6) is 0 Å². The normalized spacial score (nSPS) is 12.3. The molecule has 0 aliphatic rings. The number of nitrogens with one attached hydrogen (secondary N) is 1. The fraction of sp³-hybridized carbons (Fsp3) is 0.333. The van der Waals surface area contributed by atoms with Crippen LogP contribution in [0.2, 0.25) is 0 Å². The molecule has 74 valence electrons. The van der Waals surface area contributed by atoms with Gasteiger partial charge in [-0.05, 0) is 39.0 Å². The third kappa shape index (κ3) is 1.53. The molecule has 0 unspecified atom stereocenters. The highest BCUT2D eigenvalue weighted by Gasteiger charge is 2.17. The van der Waals surface area contributed by atoms with E-state index in [1.807, 2.05) is 12.1 Å². The molecule has 0 atom stereocenters. The van der Waals surface area contributed by atoms with Crippen molar-refractivity contribution in [3.63, 3.8) is 0 Å². The van der Waals surface area contributed by atoms with Crippen molar-refractivity contribution >= 4 is 10.9 Å². The first-order chi connectivity index (χ1) is 6.47. The fourth-order valence-electron chi connectivity index (χ4n) is 1.58. The van der Waals surface area contributed by atoms with Crippen LogP contribution in [0.15, 0.2) is 24.3 Å². The molecule has 2 nitrogen and oxygen atoms in total. The van der Waals surface area contributed by atoms with Gasteiger partial charge in [0.1, 0.15) is 0 Å². The summed E-state index contributed by atoms with van der Waals surface area (Å²) in [4.78, 5) is 3.21. The van der Waals surface area contributed by atoms with Gasteiger partial charge in [-0.2, -0.15) is 0 Å². The summed E-state index contributed by atoms with van der Waals surface area (Å²) in [7, 11) is 0. The number of hydrogen-bond acceptors (Lipinski definition) is 1. The summed E-state index contributed by atoms with van der Waals surface area (Å²) in [5, 5.41) is 11.0. The van der Waals surface area contributed by atoms with Crippen molar-refractivity contribution in [3.05, 3.63) is 35.5 Å². The summed E-state index contributed by atoms with van der Waals surface area (Å²) in [5.74, 6) is 0. The molecular weight excluding hydrogens is 174 g/mol. The number of rotatable bonds is 1. The second-order valence-corrected chi connectivity index (χ2v) is 4.33. The average molecular weight is 189 g/mol. The summed E-state index contributed by atoms with van der Waals surface area (Å²) in [6, 6.07) is 8.22. The van der Waals surface area contributed by atoms with Crippen molar-refractivity contribution in [2.24, 2.45) is 0 Å². The van der Waals surface area contributed by atoms with Crippen molar-refractivity contribution < 1.29 is 5.11 Å². The second-order valence-electron chi connectivity index (χ2n) is 4.33. The summed E-state index contributed by atoms with van der Waals surface area (Å²) in [5.41, 5.74) is 2.37. The molecule has 0 amide bonds. The zero-order valence-corrected chi connectivity index (χ0v) is 8.76. The molecule has 1 aromatic heterocycles. The Balaban J connectivity index is 2.63. The third-order valence-electron chi connectivity index (χ3n) is 2.44. The highest BCUT2D eigenvalue weighted by molar-refractivity contribution is 5.81. The molecule has 2 N–H and O–H groups in total. The van der Waals surface area contributed by atoms with Gasteiger partial charge in [-0.3, -0.25) is 0 Å². The Bertz CT molecular complexity index is 463. The lowest BCUT2D eigenvalue weighted by atomic mass is 10.1. The van der Waals surface area contributed by atoms with E-state index >= 15 is 0 Å². The summed E-state index contributed by atoms with van der Waals surface area (Å²) in [6.07, 6.45) is 0. The van der Waals surface area contributed by atoms with E-state index in [4.69, 9.17) is 0 Å². The molecular formula is C12H15NO. The fourth-order valence-corrected chi connectivity index (χ4v) is 1.58. The Morgan fingerprint density at radius 3 is 2.57 bits per heavy atom. The molecule has 14 heavy (non-hydrogen) atoms. The maximum atomic E-state index is 9.83. The first kappa shape index (κ1) is 9.28.